The maximum absolute atomic E-state index is 11.4. The number of thioether (sulfide) groups is 1. The van der Waals surface area contributed by atoms with E-state index in [1.807, 2.05) is 25.6 Å². The molecule has 0 aliphatic carbocycles. The third kappa shape index (κ3) is 6.28. The molecule has 1 unspecified atom stereocenters. The predicted molar refractivity (Wildman–Crippen MR) is 79.0 cm³/mol. The molecule has 1 aliphatic rings. The first-order chi connectivity index (χ1) is 8.47. The second-order valence-electron chi connectivity index (χ2n) is 5.41. The zero-order chi connectivity index (χ0) is 13.5. The van der Waals surface area contributed by atoms with E-state index in [-0.39, 0.29) is 11.9 Å². The molecule has 2 N–H and O–H groups in total. The van der Waals surface area contributed by atoms with Gasteiger partial charge < -0.3 is 10.6 Å². The van der Waals surface area contributed by atoms with E-state index in [4.69, 9.17) is 0 Å². The van der Waals surface area contributed by atoms with Crippen LogP contribution in [0.25, 0.3) is 0 Å². The van der Waals surface area contributed by atoms with Gasteiger partial charge >= 0.3 is 0 Å². The van der Waals surface area contributed by atoms with Gasteiger partial charge in [-0.05, 0) is 26.2 Å². The Bertz CT molecular complexity index is 303. The van der Waals surface area contributed by atoms with Crippen LogP contribution >= 0.6 is 11.8 Å². The summed E-state index contributed by atoms with van der Waals surface area (Å²) in [6.45, 7) is 9.99. The van der Waals surface area contributed by atoms with Gasteiger partial charge in [0.1, 0.15) is 0 Å². The van der Waals surface area contributed by atoms with Crippen molar-refractivity contribution in [2.45, 2.75) is 51.8 Å². The van der Waals surface area contributed by atoms with Crippen LogP contribution in [0.15, 0.2) is 4.99 Å². The number of amidine groups is 1. The highest BCUT2D eigenvalue weighted by molar-refractivity contribution is 8.14. The highest BCUT2D eigenvalue weighted by Gasteiger charge is 2.20. The number of nitrogens with one attached hydrogen (secondary N) is 2. The largest absolute Gasteiger partial charge is 0.364 e. The van der Waals surface area contributed by atoms with Crippen LogP contribution in [0.2, 0.25) is 0 Å². The summed E-state index contributed by atoms with van der Waals surface area (Å²) < 4.78 is 0. The second-order valence-corrected chi connectivity index (χ2v) is 6.70. The molecule has 0 aromatic carbocycles. The average Bonchev–Trinajstić information content (AvgIpc) is 2.63. The minimum absolute atomic E-state index is 0.0971. The smallest absolute Gasteiger partial charge is 0.221 e. The van der Waals surface area contributed by atoms with Crippen LogP contribution in [0, 0.1) is 5.92 Å². The Hall–Kier alpha value is -0.710. The lowest BCUT2D eigenvalue weighted by molar-refractivity contribution is -0.121. The molecule has 0 saturated carbocycles. The third-order valence-electron chi connectivity index (χ3n) is 2.53. The van der Waals surface area contributed by atoms with Crippen LogP contribution in [-0.2, 0) is 4.79 Å². The monoisotopic (exact) mass is 271 g/mol. The summed E-state index contributed by atoms with van der Waals surface area (Å²) >= 11 is 1.81. The number of rotatable bonds is 6. The lowest BCUT2D eigenvalue weighted by Crippen LogP contribution is -2.33. The van der Waals surface area contributed by atoms with Crippen LogP contribution in [0.1, 0.15) is 40.5 Å². The Balaban J connectivity index is 2.12. The lowest BCUT2D eigenvalue weighted by Gasteiger charge is -2.11. The fraction of sp³-hybridized carbons (Fsp3) is 0.846. The van der Waals surface area contributed by atoms with Crippen molar-refractivity contribution < 1.29 is 4.79 Å². The minimum Gasteiger partial charge on any atom is -0.364 e. The molecular weight excluding hydrogens is 246 g/mol. The van der Waals surface area contributed by atoms with Crippen molar-refractivity contribution in [2.75, 3.05) is 13.1 Å². The number of aliphatic imine (C=N–C) groups is 1. The van der Waals surface area contributed by atoms with Gasteiger partial charge in [-0.3, -0.25) is 9.79 Å². The van der Waals surface area contributed by atoms with Gasteiger partial charge in [-0.25, -0.2) is 0 Å². The first-order valence-corrected chi connectivity index (χ1v) is 7.59. The van der Waals surface area contributed by atoms with E-state index >= 15 is 0 Å². The van der Waals surface area contributed by atoms with Gasteiger partial charge in [-0.15, -0.1) is 0 Å². The number of carbonyl (C=O) groups excluding carboxylic acids is 1. The maximum Gasteiger partial charge on any atom is 0.221 e. The standard InChI is InChI=1S/C13H25N3OS/c1-9(2)7-11-8-15-13(18-11)14-6-5-12(17)16-10(3)4/h9-11H,5-8H2,1-4H3,(H,14,15)(H,16,17). The molecule has 1 amide bonds. The van der Waals surface area contributed by atoms with E-state index in [1.54, 1.807) is 0 Å². The molecule has 4 nitrogen and oxygen atoms in total. The van der Waals surface area contributed by atoms with E-state index in [0.29, 0.717) is 24.1 Å². The Morgan fingerprint density at radius 1 is 1.44 bits per heavy atom. The molecule has 1 rings (SSSR count). The molecule has 0 saturated heterocycles. The SMILES string of the molecule is CC(C)CC1CN=C(NCCC(=O)NC(C)C)S1. The highest BCUT2D eigenvalue weighted by atomic mass is 32.2. The van der Waals surface area contributed by atoms with Crippen molar-refractivity contribution in [3.8, 4) is 0 Å². The molecule has 0 fully saturated rings. The fourth-order valence-electron chi connectivity index (χ4n) is 1.84. The van der Waals surface area contributed by atoms with Crippen LogP contribution in [0.3, 0.4) is 0 Å². The lowest BCUT2D eigenvalue weighted by atomic mass is 10.1. The molecule has 0 spiro atoms. The van der Waals surface area contributed by atoms with Crippen molar-refractivity contribution in [2.24, 2.45) is 10.9 Å². The van der Waals surface area contributed by atoms with Crippen LogP contribution in [0.4, 0.5) is 0 Å². The molecule has 0 aromatic heterocycles. The molecule has 0 bridgehead atoms. The van der Waals surface area contributed by atoms with Crippen LogP contribution < -0.4 is 10.6 Å². The Morgan fingerprint density at radius 3 is 2.78 bits per heavy atom. The first-order valence-electron chi connectivity index (χ1n) is 6.71. The number of nitrogens with zero attached hydrogens (tertiary/aromatic N) is 1. The van der Waals surface area contributed by atoms with Gasteiger partial charge in [0, 0.05) is 24.3 Å². The molecule has 1 atom stereocenters. The van der Waals surface area contributed by atoms with Crippen LogP contribution in [-0.4, -0.2) is 35.5 Å². The highest BCUT2D eigenvalue weighted by Crippen LogP contribution is 2.25. The summed E-state index contributed by atoms with van der Waals surface area (Å²) in [7, 11) is 0. The van der Waals surface area contributed by atoms with Crippen molar-refractivity contribution in [3.05, 3.63) is 0 Å². The van der Waals surface area contributed by atoms with E-state index in [9.17, 15) is 4.79 Å². The Kier molecular flexibility index (Phi) is 6.54. The van der Waals surface area contributed by atoms with E-state index in [0.717, 1.165) is 11.7 Å². The fourth-order valence-corrected chi connectivity index (χ4v) is 3.12. The summed E-state index contributed by atoms with van der Waals surface area (Å²) in [6.07, 6.45) is 1.71. The summed E-state index contributed by atoms with van der Waals surface area (Å²) in [5.74, 6) is 0.814. The zero-order valence-electron chi connectivity index (χ0n) is 11.8. The van der Waals surface area contributed by atoms with E-state index in [2.05, 4.69) is 29.5 Å². The molecule has 104 valence electrons. The average molecular weight is 271 g/mol. The van der Waals surface area contributed by atoms with Gasteiger partial charge in [0.2, 0.25) is 5.91 Å². The van der Waals surface area contributed by atoms with Crippen molar-refractivity contribution in [1.82, 2.24) is 10.6 Å². The number of hydrogen-bond donors (Lipinski definition) is 2. The van der Waals surface area contributed by atoms with Gasteiger partial charge in [0.15, 0.2) is 5.17 Å². The minimum atomic E-state index is 0.0971. The van der Waals surface area contributed by atoms with Gasteiger partial charge in [-0.1, -0.05) is 25.6 Å². The summed E-state index contributed by atoms with van der Waals surface area (Å²) in [5.41, 5.74) is 0. The Labute approximate surface area is 114 Å². The Morgan fingerprint density at radius 2 is 2.17 bits per heavy atom. The van der Waals surface area contributed by atoms with Gasteiger partial charge in [0.25, 0.3) is 0 Å². The van der Waals surface area contributed by atoms with Gasteiger partial charge in [0.05, 0.1) is 6.54 Å². The summed E-state index contributed by atoms with van der Waals surface area (Å²) in [5, 5.41) is 7.72. The number of hydrogen-bond acceptors (Lipinski definition) is 4. The van der Waals surface area contributed by atoms with E-state index < -0.39 is 0 Å². The summed E-state index contributed by atoms with van der Waals surface area (Å²) in [4.78, 5) is 15.9. The normalized spacial score (nSPS) is 19.2. The molecule has 5 heteroatoms. The third-order valence-corrected chi connectivity index (χ3v) is 3.70. The first kappa shape index (κ1) is 15.3. The molecule has 1 aliphatic heterocycles. The second kappa shape index (κ2) is 7.67. The zero-order valence-corrected chi connectivity index (χ0v) is 12.6. The molecular formula is C13H25N3OS. The van der Waals surface area contributed by atoms with Gasteiger partial charge in [-0.2, -0.15) is 0 Å². The van der Waals surface area contributed by atoms with Crippen molar-refractivity contribution >= 4 is 22.8 Å². The van der Waals surface area contributed by atoms with Crippen molar-refractivity contribution in [3.63, 3.8) is 0 Å². The quantitative estimate of drug-likeness (QED) is 0.777. The molecule has 0 radical (unpaired) electrons. The number of amides is 1. The molecule has 1 heterocycles. The molecule has 0 aromatic rings. The predicted octanol–water partition coefficient (Wildman–Crippen LogP) is 2.01. The van der Waals surface area contributed by atoms with E-state index in [1.165, 1.54) is 6.42 Å². The number of carbonyl (C=O) groups is 1. The summed E-state index contributed by atoms with van der Waals surface area (Å²) in [6, 6.07) is 0.214. The molecule has 18 heavy (non-hydrogen) atoms. The van der Waals surface area contributed by atoms with Crippen LogP contribution in [0.5, 0.6) is 0 Å². The topological polar surface area (TPSA) is 53.5 Å². The maximum atomic E-state index is 11.4. The van der Waals surface area contributed by atoms with Crippen molar-refractivity contribution in [1.29, 1.82) is 0 Å².